The zero-order valence-electron chi connectivity index (χ0n) is 9.71. The van der Waals surface area contributed by atoms with E-state index in [1.54, 1.807) is 11.3 Å². The molecule has 0 saturated carbocycles. The Morgan fingerprint density at radius 2 is 2.17 bits per heavy atom. The van der Waals surface area contributed by atoms with Gasteiger partial charge in [0.15, 0.2) is 0 Å². The first-order valence-electron chi connectivity index (χ1n) is 5.79. The van der Waals surface area contributed by atoms with E-state index in [1.807, 2.05) is 12.4 Å². The highest BCUT2D eigenvalue weighted by atomic mass is 79.9. The summed E-state index contributed by atoms with van der Waals surface area (Å²) in [6.07, 6.45) is 4.78. The van der Waals surface area contributed by atoms with Crippen LogP contribution in [0.3, 0.4) is 0 Å². The molecule has 0 radical (unpaired) electrons. The molecule has 0 bridgehead atoms. The van der Waals surface area contributed by atoms with Gasteiger partial charge in [-0.15, -0.1) is 11.3 Å². The van der Waals surface area contributed by atoms with Crippen molar-refractivity contribution in [3.05, 3.63) is 28.3 Å². The molecule has 1 atom stereocenters. The minimum atomic E-state index is 0.251. The standard InChI is InChI=1S/C12H13BrN4S/c13-9-3-11(18-7-9)8-4-15-12(16-5-8)17-2-1-10(14)6-17/h3-5,7,10H,1-2,6,14H2. The number of rotatable bonds is 2. The van der Waals surface area contributed by atoms with Crippen molar-refractivity contribution in [2.24, 2.45) is 5.73 Å². The minimum Gasteiger partial charge on any atom is -0.339 e. The van der Waals surface area contributed by atoms with Crippen LogP contribution in [0.4, 0.5) is 5.95 Å². The first kappa shape index (κ1) is 12.1. The molecule has 0 aromatic carbocycles. The van der Waals surface area contributed by atoms with Crippen LogP contribution in [0.1, 0.15) is 6.42 Å². The van der Waals surface area contributed by atoms with Gasteiger partial charge >= 0.3 is 0 Å². The smallest absolute Gasteiger partial charge is 0.225 e. The maximum Gasteiger partial charge on any atom is 0.225 e. The van der Waals surface area contributed by atoms with Gasteiger partial charge in [0, 0.05) is 51.8 Å². The van der Waals surface area contributed by atoms with Crippen molar-refractivity contribution in [2.45, 2.75) is 12.5 Å². The Labute approximate surface area is 118 Å². The van der Waals surface area contributed by atoms with Gasteiger partial charge in [0.25, 0.3) is 0 Å². The molecule has 1 aliphatic heterocycles. The summed E-state index contributed by atoms with van der Waals surface area (Å²) in [5.41, 5.74) is 6.94. The van der Waals surface area contributed by atoms with Crippen molar-refractivity contribution in [2.75, 3.05) is 18.0 Å². The van der Waals surface area contributed by atoms with Crippen LogP contribution < -0.4 is 10.6 Å². The van der Waals surface area contributed by atoms with E-state index in [0.29, 0.717) is 0 Å². The summed E-state index contributed by atoms with van der Waals surface area (Å²) in [6, 6.07) is 2.33. The molecular weight excluding hydrogens is 312 g/mol. The maximum atomic E-state index is 5.89. The first-order chi connectivity index (χ1) is 8.72. The molecule has 2 aromatic rings. The Morgan fingerprint density at radius 1 is 1.39 bits per heavy atom. The van der Waals surface area contributed by atoms with Crippen LogP contribution in [0.2, 0.25) is 0 Å². The SMILES string of the molecule is NC1CCN(c2ncc(-c3cc(Br)cs3)cn2)C1. The van der Waals surface area contributed by atoms with Crippen molar-refractivity contribution >= 4 is 33.2 Å². The van der Waals surface area contributed by atoms with E-state index < -0.39 is 0 Å². The molecule has 94 valence electrons. The van der Waals surface area contributed by atoms with Crippen molar-refractivity contribution in [1.82, 2.24) is 9.97 Å². The van der Waals surface area contributed by atoms with Gasteiger partial charge in [0.2, 0.25) is 5.95 Å². The topological polar surface area (TPSA) is 55.0 Å². The first-order valence-corrected chi connectivity index (χ1v) is 7.46. The molecule has 0 spiro atoms. The van der Waals surface area contributed by atoms with Gasteiger partial charge in [-0.1, -0.05) is 0 Å². The second-order valence-electron chi connectivity index (χ2n) is 4.40. The second-order valence-corrected chi connectivity index (χ2v) is 6.22. The van der Waals surface area contributed by atoms with E-state index in [4.69, 9.17) is 5.73 Å². The lowest BCUT2D eigenvalue weighted by Gasteiger charge is -2.15. The van der Waals surface area contributed by atoms with E-state index in [-0.39, 0.29) is 6.04 Å². The highest BCUT2D eigenvalue weighted by Gasteiger charge is 2.21. The van der Waals surface area contributed by atoms with Gasteiger partial charge in [-0.3, -0.25) is 0 Å². The van der Waals surface area contributed by atoms with Crippen LogP contribution in [-0.4, -0.2) is 29.1 Å². The van der Waals surface area contributed by atoms with Crippen LogP contribution in [0.5, 0.6) is 0 Å². The number of halogens is 1. The number of aromatic nitrogens is 2. The van der Waals surface area contributed by atoms with Crippen LogP contribution in [0, 0.1) is 0 Å². The molecule has 0 aliphatic carbocycles. The van der Waals surface area contributed by atoms with Crippen molar-refractivity contribution in [3.63, 3.8) is 0 Å². The number of anilines is 1. The fraction of sp³-hybridized carbons (Fsp3) is 0.333. The second kappa shape index (κ2) is 4.95. The molecule has 18 heavy (non-hydrogen) atoms. The average molecular weight is 325 g/mol. The molecule has 3 rings (SSSR count). The monoisotopic (exact) mass is 324 g/mol. The lowest BCUT2D eigenvalue weighted by atomic mass is 10.3. The summed E-state index contributed by atoms with van der Waals surface area (Å²) in [6.45, 7) is 1.80. The van der Waals surface area contributed by atoms with Crippen LogP contribution in [-0.2, 0) is 0 Å². The molecule has 4 nitrogen and oxygen atoms in total. The predicted molar refractivity (Wildman–Crippen MR) is 77.9 cm³/mol. The Morgan fingerprint density at radius 3 is 2.72 bits per heavy atom. The van der Waals surface area contributed by atoms with E-state index in [1.165, 1.54) is 4.88 Å². The molecule has 0 amide bonds. The largest absolute Gasteiger partial charge is 0.339 e. The third kappa shape index (κ3) is 2.41. The van der Waals surface area contributed by atoms with Crippen LogP contribution >= 0.6 is 27.3 Å². The molecule has 1 fully saturated rings. The van der Waals surface area contributed by atoms with Gasteiger partial charge in [0.05, 0.1) is 0 Å². The highest BCUT2D eigenvalue weighted by Crippen LogP contribution is 2.29. The van der Waals surface area contributed by atoms with Crippen molar-refractivity contribution in [1.29, 1.82) is 0 Å². The number of nitrogens with zero attached hydrogens (tertiary/aromatic N) is 3. The van der Waals surface area contributed by atoms with Gasteiger partial charge < -0.3 is 10.6 Å². The van der Waals surface area contributed by atoms with Gasteiger partial charge in [-0.05, 0) is 28.4 Å². The fourth-order valence-corrected chi connectivity index (χ4v) is 3.45. The van der Waals surface area contributed by atoms with E-state index in [9.17, 15) is 0 Å². The summed E-state index contributed by atoms with van der Waals surface area (Å²) >= 11 is 5.13. The highest BCUT2D eigenvalue weighted by molar-refractivity contribution is 9.10. The zero-order chi connectivity index (χ0) is 12.5. The minimum absolute atomic E-state index is 0.251. The molecule has 2 N–H and O–H groups in total. The van der Waals surface area contributed by atoms with E-state index in [0.717, 1.165) is 35.5 Å². The van der Waals surface area contributed by atoms with Crippen molar-refractivity contribution in [3.8, 4) is 10.4 Å². The molecule has 3 heterocycles. The van der Waals surface area contributed by atoms with Crippen molar-refractivity contribution < 1.29 is 0 Å². The fourth-order valence-electron chi connectivity index (χ4n) is 2.05. The third-order valence-corrected chi connectivity index (χ3v) is 4.74. The summed E-state index contributed by atoms with van der Waals surface area (Å²) in [7, 11) is 0. The number of hydrogen-bond acceptors (Lipinski definition) is 5. The Balaban J connectivity index is 1.81. The normalized spacial score (nSPS) is 19.4. The molecular formula is C12H13BrN4S. The van der Waals surface area contributed by atoms with Gasteiger partial charge in [-0.25, -0.2) is 9.97 Å². The molecule has 1 unspecified atom stereocenters. The summed E-state index contributed by atoms with van der Waals surface area (Å²) in [4.78, 5) is 12.2. The van der Waals surface area contributed by atoms with Crippen LogP contribution in [0.15, 0.2) is 28.3 Å². The van der Waals surface area contributed by atoms with Gasteiger partial charge in [0.1, 0.15) is 0 Å². The maximum absolute atomic E-state index is 5.89. The Bertz CT molecular complexity index is 539. The van der Waals surface area contributed by atoms with Crippen LogP contribution in [0.25, 0.3) is 10.4 Å². The molecule has 2 aromatic heterocycles. The number of thiophene rings is 1. The number of nitrogens with two attached hydrogens (primary N) is 1. The summed E-state index contributed by atoms with van der Waals surface area (Å²) in [5.74, 6) is 0.780. The van der Waals surface area contributed by atoms with Gasteiger partial charge in [-0.2, -0.15) is 0 Å². The van der Waals surface area contributed by atoms with E-state index >= 15 is 0 Å². The lowest BCUT2D eigenvalue weighted by molar-refractivity contribution is 0.750. The Hall–Kier alpha value is -0.980. The molecule has 6 heteroatoms. The molecule has 1 aliphatic rings. The lowest BCUT2D eigenvalue weighted by Crippen LogP contribution is -2.27. The van der Waals surface area contributed by atoms with E-state index in [2.05, 4.69) is 42.2 Å². The predicted octanol–water partition coefficient (Wildman–Crippen LogP) is 2.50. The average Bonchev–Trinajstić information content (AvgIpc) is 2.98. The summed E-state index contributed by atoms with van der Waals surface area (Å²) < 4.78 is 1.09. The third-order valence-electron chi connectivity index (χ3n) is 3.00. The zero-order valence-corrected chi connectivity index (χ0v) is 12.1. The molecule has 1 saturated heterocycles. The number of hydrogen-bond donors (Lipinski definition) is 1. The summed E-state index contributed by atoms with van der Waals surface area (Å²) in [5, 5.41) is 2.06. The quantitative estimate of drug-likeness (QED) is 0.922. The Kier molecular flexibility index (Phi) is 3.32.